The molecule has 0 saturated heterocycles. The molecule has 2 rings (SSSR count). The Labute approximate surface area is 210 Å². The molecule has 0 aromatic heterocycles. The van der Waals surface area contributed by atoms with E-state index in [2.05, 4.69) is 20.3 Å². The van der Waals surface area contributed by atoms with Crippen molar-refractivity contribution >= 4 is 45.6 Å². The van der Waals surface area contributed by atoms with Crippen molar-refractivity contribution in [3.63, 3.8) is 0 Å². The maximum atomic E-state index is 10.5. The summed E-state index contributed by atoms with van der Waals surface area (Å²) >= 11 is 0. The van der Waals surface area contributed by atoms with E-state index in [0.29, 0.717) is 22.8 Å². The molecular formula is C20H24MnN6O8. The first-order valence-electron chi connectivity index (χ1n) is 9.03. The van der Waals surface area contributed by atoms with E-state index < -0.39 is 9.85 Å². The van der Waals surface area contributed by atoms with Crippen LogP contribution in [-0.2, 0) is 17.1 Å². The normalized spacial score (nSPS) is 11.5. The van der Waals surface area contributed by atoms with E-state index in [1.807, 2.05) is 0 Å². The van der Waals surface area contributed by atoms with Gasteiger partial charge in [0.15, 0.2) is 0 Å². The van der Waals surface area contributed by atoms with Crippen LogP contribution in [-0.4, -0.2) is 43.6 Å². The van der Waals surface area contributed by atoms with Gasteiger partial charge in [-0.05, 0) is 39.8 Å². The van der Waals surface area contributed by atoms with E-state index in [4.69, 9.17) is 0 Å². The van der Waals surface area contributed by atoms with Crippen LogP contribution in [0.3, 0.4) is 0 Å². The van der Waals surface area contributed by atoms with Crippen LogP contribution >= 0.6 is 0 Å². The third-order valence-electron chi connectivity index (χ3n) is 4.00. The maximum Gasteiger partial charge on any atom is 2.00 e. The molecule has 0 aliphatic carbocycles. The Kier molecular flexibility index (Phi) is 17.7. The van der Waals surface area contributed by atoms with Crippen molar-refractivity contribution in [1.82, 2.24) is 0 Å². The van der Waals surface area contributed by atoms with Crippen LogP contribution in [0.1, 0.15) is 27.7 Å². The van der Waals surface area contributed by atoms with Crippen LogP contribution in [0, 0.1) is 30.6 Å². The van der Waals surface area contributed by atoms with Gasteiger partial charge in [0.25, 0.3) is 11.4 Å². The molecule has 0 spiro atoms. The fraction of sp³-hybridized carbons (Fsp3) is 0.200. The summed E-state index contributed by atoms with van der Waals surface area (Å²) < 4.78 is 0. The Morgan fingerprint density at radius 3 is 1.23 bits per heavy atom. The third kappa shape index (κ3) is 12.1. The van der Waals surface area contributed by atoms with Crippen molar-refractivity contribution in [2.24, 2.45) is 20.3 Å². The minimum Gasteiger partial charge on any atom is -0.792 e. The Bertz CT molecular complexity index is 1030. The van der Waals surface area contributed by atoms with Crippen LogP contribution < -0.4 is 0 Å². The van der Waals surface area contributed by atoms with Gasteiger partial charge in [-0.3, -0.25) is 30.2 Å². The minimum absolute atomic E-state index is 0. The molecule has 2 aromatic carbocycles. The summed E-state index contributed by atoms with van der Waals surface area (Å²) in [5.74, 6) is 0. The molecule has 0 amide bonds. The summed E-state index contributed by atoms with van der Waals surface area (Å²) in [7, 11) is 0. The molecule has 35 heavy (non-hydrogen) atoms. The molecule has 0 atom stereocenters. The van der Waals surface area contributed by atoms with E-state index in [0.717, 1.165) is 0 Å². The molecular weight excluding hydrogens is 507 g/mol. The van der Waals surface area contributed by atoms with Crippen molar-refractivity contribution in [1.29, 1.82) is 0 Å². The molecule has 0 saturated carbocycles. The first-order valence-corrected chi connectivity index (χ1v) is 9.03. The number of non-ortho nitro benzene ring substituents is 2. The molecule has 189 valence electrons. The molecule has 1 radical (unpaired) electrons. The van der Waals surface area contributed by atoms with Crippen LogP contribution in [0.25, 0.3) is 0 Å². The van der Waals surface area contributed by atoms with E-state index in [-0.39, 0.29) is 50.8 Å². The Hall–Kier alpha value is -4.04. The summed E-state index contributed by atoms with van der Waals surface area (Å²) in [5, 5.41) is 47.0. The van der Waals surface area contributed by atoms with Gasteiger partial charge in [-0.2, -0.15) is 0 Å². The number of rotatable bonds is 6. The molecule has 0 bridgehead atoms. The SMILES string of the molecule is CC(=Nc1cccc([N+](=O)[O-])c1)/C(C)=N\[O-].CC(=Nc1cccc([N+](=O)[O-])c1)/C(C)=N\[O-].O.O.[Mn+2]. The van der Waals surface area contributed by atoms with Gasteiger partial charge in [0.2, 0.25) is 0 Å². The Balaban J connectivity index is -0.000000539. The second kappa shape index (κ2) is 17.4. The first kappa shape index (κ1) is 35.5. The van der Waals surface area contributed by atoms with Crippen LogP contribution in [0.5, 0.6) is 0 Å². The maximum absolute atomic E-state index is 10.5. The van der Waals surface area contributed by atoms with E-state index >= 15 is 0 Å². The number of hydrogen-bond donors (Lipinski definition) is 0. The average Bonchev–Trinajstić information content (AvgIpc) is 2.78. The number of nitrogens with zero attached hydrogens (tertiary/aromatic N) is 6. The fourth-order valence-electron chi connectivity index (χ4n) is 2.03. The van der Waals surface area contributed by atoms with Gasteiger partial charge in [-0.15, -0.1) is 0 Å². The number of benzene rings is 2. The standard InChI is InChI=1S/2C10H11N3O3.Mn.2H2O/c2*1-7(8(2)12-14)11-9-4-3-5-10(6-9)13(15)16;;;/h2*3-6,14H,1-2H3;;2*1H2/q;;+2;;/p-2/b2*11-7?,12-8-;;;. The zero-order chi connectivity index (χ0) is 24.3. The molecule has 0 aliphatic rings. The smallest absolute Gasteiger partial charge is 0.792 e. The minimum atomic E-state index is -0.497. The second-order valence-electron chi connectivity index (χ2n) is 6.30. The van der Waals surface area contributed by atoms with Crippen molar-refractivity contribution in [2.75, 3.05) is 0 Å². The van der Waals surface area contributed by atoms with Crippen molar-refractivity contribution in [3.05, 3.63) is 79.2 Å². The number of nitro benzene ring substituents is 2. The summed E-state index contributed by atoms with van der Waals surface area (Å²) in [4.78, 5) is 28.1. The average molecular weight is 531 g/mol. The molecule has 0 unspecified atom stereocenters. The van der Waals surface area contributed by atoms with Gasteiger partial charge in [0.1, 0.15) is 0 Å². The largest absolute Gasteiger partial charge is 2.00 e. The van der Waals surface area contributed by atoms with E-state index in [1.54, 1.807) is 26.0 Å². The quantitative estimate of drug-likeness (QED) is 0.233. The second-order valence-corrected chi connectivity index (χ2v) is 6.30. The summed E-state index contributed by atoms with van der Waals surface area (Å²) in [6.07, 6.45) is 0. The first-order chi connectivity index (χ1) is 15.1. The summed E-state index contributed by atoms with van der Waals surface area (Å²) in [5.41, 5.74) is 2.17. The number of aliphatic imine (C=N–C) groups is 2. The number of nitro groups is 2. The zero-order valence-corrected chi connectivity index (χ0v) is 20.3. The predicted molar refractivity (Wildman–Crippen MR) is 132 cm³/mol. The molecule has 4 N–H and O–H groups in total. The topological polar surface area (TPSA) is 245 Å². The predicted octanol–water partition coefficient (Wildman–Crippen LogP) is 3.64. The Morgan fingerprint density at radius 2 is 0.971 bits per heavy atom. The number of hydrogen-bond acceptors (Lipinski definition) is 10. The summed E-state index contributed by atoms with van der Waals surface area (Å²) in [6, 6.07) is 11.7. The van der Waals surface area contributed by atoms with Crippen molar-refractivity contribution in [3.8, 4) is 0 Å². The van der Waals surface area contributed by atoms with Crippen molar-refractivity contribution < 1.29 is 37.9 Å². The third-order valence-corrected chi connectivity index (χ3v) is 4.00. The van der Waals surface area contributed by atoms with Crippen LogP contribution in [0.15, 0.2) is 68.8 Å². The van der Waals surface area contributed by atoms with Gasteiger partial charge < -0.3 is 31.7 Å². The molecule has 2 aromatic rings. The van der Waals surface area contributed by atoms with Crippen LogP contribution in [0.2, 0.25) is 0 Å². The van der Waals surface area contributed by atoms with E-state index in [1.165, 1.54) is 50.2 Å². The summed E-state index contributed by atoms with van der Waals surface area (Å²) in [6.45, 7) is 6.30. The molecule has 0 heterocycles. The van der Waals surface area contributed by atoms with Gasteiger partial charge in [-0.25, -0.2) is 0 Å². The van der Waals surface area contributed by atoms with Crippen LogP contribution in [0.4, 0.5) is 22.7 Å². The van der Waals surface area contributed by atoms with Gasteiger partial charge in [0.05, 0.1) is 32.6 Å². The van der Waals surface area contributed by atoms with E-state index in [9.17, 15) is 30.6 Å². The zero-order valence-electron chi connectivity index (χ0n) is 19.1. The monoisotopic (exact) mass is 531 g/mol. The molecule has 14 nitrogen and oxygen atoms in total. The molecule has 0 aliphatic heterocycles. The molecule has 0 fully saturated rings. The van der Waals surface area contributed by atoms with Gasteiger partial charge in [-0.1, -0.05) is 12.1 Å². The fourth-order valence-corrected chi connectivity index (χ4v) is 2.03. The molecule has 15 heteroatoms. The van der Waals surface area contributed by atoms with Gasteiger partial charge >= 0.3 is 17.1 Å². The van der Waals surface area contributed by atoms with Gasteiger partial charge in [0, 0.05) is 35.7 Å². The van der Waals surface area contributed by atoms with Crippen molar-refractivity contribution in [2.45, 2.75) is 27.7 Å². The Morgan fingerprint density at radius 1 is 0.657 bits per heavy atom.